The van der Waals surface area contributed by atoms with Crippen LogP contribution in [0.1, 0.15) is 470 Å². The third kappa shape index (κ3) is 83.3. The molecule has 0 saturated heterocycles. The van der Waals surface area contributed by atoms with E-state index in [0.29, 0.717) is 17.4 Å². The molecule has 10 heteroatoms. The molecular formula is C87H170NO8P. The first-order chi connectivity index (χ1) is 47.5. The van der Waals surface area contributed by atoms with Crippen LogP contribution in [-0.2, 0) is 32.7 Å². The molecule has 0 bridgehead atoms. The van der Waals surface area contributed by atoms with Crippen LogP contribution in [-0.4, -0.2) is 70.0 Å². The quantitative estimate of drug-likeness (QED) is 0.0195. The van der Waals surface area contributed by atoms with E-state index in [1.165, 1.54) is 398 Å². The number of likely N-dealkylation sites (N-methyl/N-ethyl adjacent to an activating group) is 1. The number of ether oxygens (including phenoxy) is 2. The highest BCUT2D eigenvalue weighted by Gasteiger charge is 2.22. The minimum atomic E-state index is -4.64. The number of hydrogen-bond acceptors (Lipinski definition) is 8. The van der Waals surface area contributed by atoms with E-state index in [-0.39, 0.29) is 32.0 Å². The summed E-state index contributed by atoms with van der Waals surface area (Å²) < 4.78 is 34.5. The first-order valence-corrected chi connectivity index (χ1v) is 45.0. The number of phosphoric ester groups is 1. The Kier molecular flexibility index (Phi) is 77.4. The summed E-state index contributed by atoms with van der Waals surface area (Å²) in [4.78, 5) is 38.2. The zero-order valence-corrected chi connectivity index (χ0v) is 67.0. The predicted octanol–water partition coefficient (Wildman–Crippen LogP) is 28.5. The molecule has 0 fully saturated rings. The van der Waals surface area contributed by atoms with E-state index in [0.717, 1.165) is 38.5 Å². The van der Waals surface area contributed by atoms with Crippen molar-refractivity contribution in [3.8, 4) is 0 Å². The van der Waals surface area contributed by atoms with Gasteiger partial charge < -0.3 is 27.9 Å². The van der Waals surface area contributed by atoms with Crippen LogP contribution in [0.4, 0.5) is 0 Å². The molecule has 0 heterocycles. The SMILES string of the molecule is CCCCCCC/C=C\C/C=C\CCCCCCCCCCCCCCCCCCCCCCCCCC(=O)OC(COC(=O)CCCCCCCCCCCCCCCCCCCCCCCCCCCCCCCCCCCCCCCC)COP(=O)([O-])OCC[N+](C)(C)C. The van der Waals surface area contributed by atoms with Gasteiger partial charge in [-0.05, 0) is 44.9 Å². The lowest BCUT2D eigenvalue weighted by molar-refractivity contribution is -0.870. The predicted molar refractivity (Wildman–Crippen MR) is 421 cm³/mol. The molecule has 0 aliphatic heterocycles. The molecule has 0 aromatic rings. The van der Waals surface area contributed by atoms with Crippen molar-refractivity contribution in [3.63, 3.8) is 0 Å². The third-order valence-electron chi connectivity index (χ3n) is 20.2. The second kappa shape index (κ2) is 78.6. The number of nitrogens with zero attached hydrogens (tertiary/aromatic N) is 1. The zero-order valence-electron chi connectivity index (χ0n) is 66.1. The van der Waals surface area contributed by atoms with E-state index in [1.807, 2.05) is 21.1 Å². The molecule has 0 aromatic heterocycles. The second-order valence-electron chi connectivity index (χ2n) is 31.3. The smallest absolute Gasteiger partial charge is 0.306 e. The summed E-state index contributed by atoms with van der Waals surface area (Å²) >= 11 is 0. The van der Waals surface area contributed by atoms with Crippen molar-refractivity contribution in [1.82, 2.24) is 0 Å². The maximum Gasteiger partial charge on any atom is 0.306 e. The van der Waals surface area contributed by atoms with Gasteiger partial charge in [-0.25, -0.2) is 0 Å². The Balaban J connectivity index is 3.84. The Morgan fingerprint density at radius 3 is 0.814 bits per heavy atom. The van der Waals surface area contributed by atoms with E-state index in [4.69, 9.17) is 18.5 Å². The van der Waals surface area contributed by atoms with Gasteiger partial charge in [-0.2, -0.15) is 0 Å². The Bertz CT molecular complexity index is 1680. The standard InChI is InChI=1S/C87H170NO8P/c1-6-8-10-12-14-16-18-20-22-24-26-28-30-32-34-36-38-40-42-43-44-46-47-49-51-53-55-57-59-61-63-65-67-69-71-73-75-77-79-86(89)93-83-85(84-95-97(91,92)94-82-81-88(3,4)5)96-87(90)80-78-76-74-72-70-68-66-64-62-60-58-56-54-52-50-48-45-41-39-37-35-33-31-29-27-25-23-21-19-17-15-13-11-9-7-2/h19,21,25,27,85H,6-18,20,22-24,26,28-84H2,1-5H3/b21-19-,27-25-. The lowest BCUT2D eigenvalue weighted by atomic mass is 10.0. The largest absolute Gasteiger partial charge is 0.756 e. The molecule has 0 spiro atoms. The fraction of sp³-hybridized carbons (Fsp3) is 0.931. The number of esters is 2. The van der Waals surface area contributed by atoms with Crippen molar-refractivity contribution < 1.29 is 42.1 Å². The highest BCUT2D eigenvalue weighted by Crippen LogP contribution is 2.38. The Labute approximate surface area is 606 Å². The van der Waals surface area contributed by atoms with Crippen molar-refractivity contribution in [3.05, 3.63) is 24.3 Å². The summed E-state index contributed by atoms with van der Waals surface area (Å²) in [6, 6.07) is 0. The molecular weight excluding hydrogens is 1220 g/mol. The molecule has 0 radical (unpaired) electrons. The lowest BCUT2D eigenvalue weighted by Gasteiger charge is -2.28. The topological polar surface area (TPSA) is 111 Å². The zero-order chi connectivity index (χ0) is 70.4. The molecule has 0 saturated carbocycles. The first-order valence-electron chi connectivity index (χ1n) is 43.5. The van der Waals surface area contributed by atoms with Gasteiger partial charge in [0.25, 0.3) is 7.82 Å². The van der Waals surface area contributed by atoms with E-state index in [1.54, 1.807) is 0 Å². The molecule has 0 amide bonds. The molecule has 0 aliphatic rings. The molecule has 2 atom stereocenters. The summed E-state index contributed by atoms with van der Waals surface area (Å²) in [5.74, 6) is -0.802. The summed E-state index contributed by atoms with van der Waals surface area (Å²) in [6.07, 6.45) is 102. The third-order valence-corrected chi connectivity index (χ3v) is 21.2. The summed E-state index contributed by atoms with van der Waals surface area (Å²) in [6.45, 7) is 4.33. The van der Waals surface area contributed by atoms with E-state index >= 15 is 0 Å². The van der Waals surface area contributed by atoms with Crippen molar-refractivity contribution in [2.45, 2.75) is 476 Å². The summed E-state index contributed by atoms with van der Waals surface area (Å²) in [7, 11) is 1.20. The Hall–Kier alpha value is -1.51. The average molecular weight is 1390 g/mol. The van der Waals surface area contributed by atoms with Crippen LogP contribution in [0.15, 0.2) is 24.3 Å². The normalized spacial score (nSPS) is 13.0. The molecule has 2 unspecified atom stereocenters. The molecule has 0 aliphatic carbocycles. The highest BCUT2D eigenvalue weighted by molar-refractivity contribution is 7.45. The molecule has 0 rings (SSSR count). The second-order valence-corrected chi connectivity index (χ2v) is 32.7. The number of unbranched alkanes of at least 4 members (excludes halogenated alkanes) is 65. The minimum absolute atomic E-state index is 0.0261. The average Bonchev–Trinajstić information content (AvgIpc) is 1.69. The first kappa shape index (κ1) is 95.5. The van der Waals surface area contributed by atoms with Crippen LogP contribution in [0.5, 0.6) is 0 Å². The van der Waals surface area contributed by atoms with Gasteiger partial charge in [0, 0.05) is 12.8 Å². The van der Waals surface area contributed by atoms with Gasteiger partial charge in [0.2, 0.25) is 0 Å². The molecule has 97 heavy (non-hydrogen) atoms. The van der Waals surface area contributed by atoms with Gasteiger partial charge in [-0.3, -0.25) is 14.2 Å². The van der Waals surface area contributed by atoms with Crippen LogP contribution < -0.4 is 4.89 Å². The number of quaternary nitrogens is 1. The van der Waals surface area contributed by atoms with Gasteiger partial charge in [-0.15, -0.1) is 0 Å². The molecule has 9 nitrogen and oxygen atoms in total. The maximum atomic E-state index is 12.9. The minimum Gasteiger partial charge on any atom is -0.756 e. The van der Waals surface area contributed by atoms with Crippen LogP contribution in [0.3, 0.4) is 0 Å². The Morgan fingerprint density at radius 1 is 0.320 bits per heavy atom. The molecule has 0 aromatic carbocycles. The van der Waals surface area contributed by atoms with Gasteiger partial charge in [-0.1, -0.05) is 436 Å². The number of allylic oxidation sites excluding steroid dienone is 4. The van der Waals surface area contributed by atoms with E-state index < -0.39 is 26.5 Å². The van der Waals surface area contributed by atoms with Gasteiger partial charge in [0.1, 0.15) is 19.8 Å². The van der Waals surface area contributed by atoms with Gasteiger partial charge in [0.15, 0.2) is 6.10 Å². The van der Waals surface area contributed by atoms with Crippen molar-refractivity contribution in [2.75, 3.05) is 47.5 Å². The van der Waals surface area contributed by atoms with Crippen molar-refractivity contribution in [2.24, 2.45) is 0 Å². The van der Waals surface area contributed by atoms with Crippen LogP contribution in [0.2, 0.25) is 0 Å². The van der Waals surface area contributed by atoms with Crippen LogP contribution >= 0.6 is 7.82 Å². The maximum absolute atomic E-state index is 12.9. The highest BCUT2D eigenvalue weighted by atomic mass is 31.2. The lowest BCUT2D eigenvalue weighted by Crippen LogP contribution is -2.37. The van der Waals surface area contributed by atoms with Gasteiger partial charge in [0.05, 0.1) is 27.7 Å². The Morgan fingerprint density at radius 2 is 0.557 bits per heavy atom. The summed E-state index contributed by atoms with van der Waals surface area (Å²) in [5, 5.41) is 0. The number of carbonyl (C=O) groups excluding carboxylic acids is 2. The van der Waals surface area contributed by atoms with Gasteiger partial charge >= 0.3 is 11.9 Å². The fourth-order valence-electron chi connectivity index (χ4n) is 13.6. The molecule has 576 valence electrons. The van der Waals surface area contributed by atoms with Crippen molar-refractivity contribution in [1.29, 1.82) is 0 Å². The molecule has 0 N–H and O–H groups in total. The van der Waals surface area contributed by atoms with E-state index in [2.05, 4.69) is 38.2 Å². The summed E-state index contributed by atoms with van der Waals surface area (Å²) in [5.41, 5.74) is 0. The number of rotatable bonds is 83. The number of carbonyl (C=O) groups is 2. The number of hydrogen-bond donors (Lipinski definition) is 0. The van der Waals surface area contributed by atoms with Crippen LogP contribution in [0, 0.1) is 0 Å². The van der Waals surface area contributed by atoms with E-state index in [9.17, 15) is 19.0 Å². The monoisotopic (exact) mass is 1390 g/mol. The number of phosphoric acid groups is 1. The van der Waals surface area contributed by atoms with Crippen LogP contribution in [0.25, 0.3) is 0 Å². The fourth-order valence-corrected chi connectivity index (χ4v) is 14.3. The van der Waals surface area contributed by atoms with Crippen molar-refractivity contribution >= 4 is 19.8 Å².